The van der Waals surface area contributed by atoms with E-state index in [2.05, 4.69) is 31.4 Å². The molecule has 5 rings (SSSR count). The fourth-order valence-corrected chi connectivity index (χ4v) is 7.73. The summed E-state index contributed by atoms with van der Waals surface area (Å²) in [5.41, 5.74) is 2.94. The molecule has 224 valence electrons. The van der Waals surface area contributed by atoms with Gasteiger partial charge in [0.2, 0.25) is 5.91 Å². The van der Waals surface area contributed by atoms with Crippen molar-refractivity contribution >= 4 is 62.3 Å². The summed E-state index contributed by atoms with van der Waals surface area (Å²) < 4.78 is 5.40. The molecule has 1 aliphatic rings. The molecule has 0 aliphatic heterocycles. The fourth-order valence-electron chi connectivity index (χ4n) is 5.48. The van der Waals surface area contributed by atoms with E-state index >= 15 is 0 Å². The largest absolute Gasteiger partial charge is 0.462 e. The predicted octanol–water partition coefficient (Wildman–Crippen LogP) is 8.60. The van der Waals surface area contributed by atoms with Gasteiger partial charge in [-0.3, -0.25) is 9.59 Å². The van der Waals surface area contributed by atoms with Crippen molar-refractivity contribution in [2.75, 3.05) is 17.2 Å². The van der Waals surface area contributed by atoms with Gasteiger partial charge < -0.3 is 15.4 Å². The number of fused-ring (bicyclic) bond motifs is 2. The predicted molar refractivity (Wildman–Crippen MR) is 178 cm³/mol. The Hall–Kier alpha value is -3.62. The Bertz CT molecular complexity index is 1670. The summed E-state index contributed by atoms with van der Waals surface area (Å²) in [6, 6.07) is 21.1. The van der Waals surface area contributed by atoms with Crippen LogP contribution in [-0.2, 0) is 22.4 Å². The maximum Gasteiger partial charge on any atom is 0.341 e. The molecule has 2 unspecified atom stereocenters. The quantitative estimate of drug-likeness (QED) is 0.153. The second-order valence-corrected chi connectivity index (χ2v) is 14.5. The molecule has 0 fully saturated rings. The summed E-state index contributed by atoms with van der Waals surface area (Å²) in [7, 11) is 0. The topological polar surface area (TPSA) is 84.5 Å². The van der Waals surface area contributed by atoms with Gasteiger partial charge >= 0.3 is 5.97 Å². The van der Waals surface area contributed by atoms with Gasteiger partial charge in [0.15, 0.2) is 0 Å². The summed E-state index contributed by atoms with van der Waals surface area (Å²) >= 11 is 2.90. The molecule has 6 nitrogen and oxygen atoms in total. The summed E-state index contributed by atoms with van der Waals surface area (Å²) in [4.78, 5) is 41.4. The van der Waals surface area contributed by atoms with Crippen LogP contribution in [0, 0.1) is 11.3 Å². The van der Waals surface area contributed by atoms with Crippen LogP contribution in [0.3, 0.4) is 0 Å². The average Bonchev–Trinajstić information content (AvgIpc) is 3.34. The summed E-state index contributed by atoms with van der Waals surface area (Å²) in [6.45, 7) is 10.7. The van der Waals surface area contributed by atoms with Crippen molar-refractivity contribution in [3.63, 3.8) is 0 Å². The molecule has 0 radical (unpaired) electrons. The zero-order valence-electron chi connectivity index (χ0n) is 25.3. The van der Waals surface area contributed by atoms with Gasteiger partial charge in [-0.15, -0.1) is 23.1 Å². The van der Waals surface area contributed by atoms with Gasteiger partial charge in [0.1, 0.15) is 5.00 Å². The van der Waals surface area contributed by atoms with Crippen molar-refractivity contribution in [2.45, 2.75) is 64.0 Å². The first kappa shape index (κ1) is 30.8. The van der Waals surface area contributed by atoms with Crippen LogP contribution in [0.2, 0.25) is 0 Å². The maximum atomic E-state index is 13.4. The number of hydrogen-bond acceptors (Lipinski definition) is 6. The minimum absolute atomic E-state index is 0.170. The van der Waals surface area contributed by atoms with E-state index in [-0.39, 0.29) is 29.8 Å². The number of esters is 1. The number of ether oxygens (including phenoxy) is 1. The van der Waals surface area contributed by atoms with Crippen LogP contribution >= 0.6 is 23.1 Å². The van der Waals surface area contributed by atoms with E-state index in [1.54, 1.807) is 6.92 Å². The van der Waals surface area contributed by atoms with Gasteiger partial charge in [-0.05, 0) is 91.1 Å². The van der Waals surface area contributed by atoms with Gasteiger partial charge in [0, 0.05) is 21.0 Å². The molecule has 2 N–H and O–H groups in total. The number of thioether (sulfide) groups is 1. The number of nitrogens with one attached hydrogen (secondary N) is 2. The van der Waals surface area contributed by atoms with E-state index in [4.69, 9.17) is 4.74 Å². The number of benzene rings is 3. The van der Waals surface area contributed by atoms with Crippen molar-refractivity contribution in [3.05, 3.63) is 88.3 Å². The minimum atomic E-state index is -0.442. The molecule has 0 saturated heterocycles. The van der Waals surface area contributed by atoms with Crippen LogP contribution in [0.15, 0.2) is 71.6 Å². The molecule has 1 heterocycles. The highest BCUT2D eigenvalue weighted by molar-refractivity contribution is 8.00. The molecule has 3 aromatic carbocycles. The van der Waals surface area contributed by atoms with E-state index in [1.165, 1.54) is 28.0 Å². The molecular formula is C35H38N2O4S2. The van der Waals surface area contributed by atoms with E-state index in [9.17, 15) is 14.4 Å². The van der Waals surface area contributed by atoms with Gasteiger partial charge in [0.25, 0.3) is 5.91 Å². The minimum Gasteiger partial charge on any atom is -0.462 e. The van der Waals surface area contributed by atoms with Crippen LogP contribution in [0.4, 0.5) is 10.7 Å². The van der Waals surface area contributed by atoms with Gasteiger partial charge in [0.05, 0.1) is 17.4 Å². The third kappa shape index (κ3) is 7.13. The normalized spacial score (nSPS) is 15.4. The molecule has 0 saturated carbocycles. The van der Waals surface area contributed by atoms with Crippen molar-refractivity contribution in [1.29, 1.82) is 0 Å². The van der Waals surface area contributed by atoms with E-state index in [0.717, 1.165) is 40.5 Å². The lowest BCUT2D eigenvalue weighted by Crippen LogP contribution is -2.27. The van der Waals surface area contributed by atoms with Crippen molar-refractivity contribution in [3.8, 4) is 0 Å². The molecule has 43 heavy (non-hydrogen) atoms. The number of anilines is 2. The van der Waals surface area contributed by atoms with Crippen LogP contribution < -0.4 is 10.6 Å². The highest BCUT2D eigenvalue weighted by Gasteiger charge is 2.34. The molecule has 8 heteroatoms. The van der Waals surface area contributed by atoms with E-state index < -0.39 is 5.25 Å². The highest BCUT2D eigenvalue weighted by Crippen LogP contribution is 2.44. The van der Waals surface area contributed by atoms with E-state index in [1.807, 2.05) is 73.7 Å². The maximum absolute atomic E-state index is 13.4. The molecule has 0 spiro atoms. The smallest absolute Gasteiger partial charge is 0.341 e. The van der Waals surface area contributed by atoms with Crippen molar-refractivity contribution < 1.29 is 19.1 Å². The second kappa shape index (κ2) is 12.9. The molecule has 1 aliphatic carbocycles. The first-order valence-electron chi connectivity index (χ1n) is 14.7. The number of rotatable bonds is 8. The number of carbonyl (C=O) groups excluding carboxylic acids is 3. The molecule has 1 aromatic heterocycles. The van der Waals surface area contributed by atoms with Crippen molar-refractivity contribution in [1.82, 2.24) is 0 Å². The second-order valence-electron chi connectivity index (χ2n) is 12.0. The number of hydrogen-bond donors (Lipinski definition) is 2. The first-order valence-corrected chi connectivity index (χ1v) is 16.4. The standard InChI is InChI=1S/C35H38N2O4S2/c1-6-41-34(40)30-28-17-16-25(35(3,4)5)19-29(28)43-33(30)37-31(38)21(2)42-27-13-9-12-26(20-27)36-32(39)24-15-14-22-10-7-8-11-23(22)18-24/h7-15,18,20-21,25H,6,16-17,19H2,1-5H3,(H,36,39)(H,37,38). The monoisotopic (exact) mass is 614 g/mol. The molecular weight excluding hydrogens is 577 g/mol. The van der Waals surface area contributed by atoms with E-state index in [0.29, 0.717) is 27.7 Å². The summed E-state index contributed by atoms with van der Waals surface area (Å²) in [5, 5.41) is 8.25. The zero-order chi connectivity index (χ0) is 30.7. The third-order valence-corrected chi connectivity index (χ3v) is 10.3. The van der Waals surface area contributed by atoms with Crippen molar-refractivity contribution in [2.24, 2.45) is 11.3 Å². The fraction of sp³-hybridized carbons (Fsp3) is 0.343. The molecule has 2 atom stereocenters. The molecule has 0 bridgehead atoms. The zero-order valence-corrected chi connectivity index (χ0v) is 26.9. The molecule has 4 aromatic rings. The average molecular weight is 615 g/mol. The Kier molecular flexibility index (Phi) is 9.28. The third-order valence-electron chi connectivity index (χ3n) is 7.99. The number of thiophene rings is 1. The Morgan fingerprint density at radius 2 is 1.77 bits per heavy atom. The van der Waals surface area contributed by atoms with Gasteiger partial charge in [-0.25, -0.2) is 4.79 Å². The van der Waals surface area contributed by atoms with Gasteiger partial charge in [-0.2, -0.15) is 0 Å². The van der Waals surface area contributed by atoms with Gasteiger partial charge in [-0.1, -0.05) is 57.2 Å². The molecule has 2 amide bonds. The first-order chi connectivity index (χ1) is 20.5. The highest BCUT2D eigenvalue weighted by atomic mass is 32.2. The lowest BCUT2D eigenvalue weighted by atomic mass is 9.72. The van der Waals surface area contributed by atoms with Crippen LogP contribution in [-0.4, -0.2) is 29.6 Å². The summed E-state index contributed by atoms with van der Waals surface area (Å²) in [6.07, 6.45) is 2.71. The number of amides is 2. The SMILES string of the molecule is CCOC(=O)c1c(NC(=O)C(C)Sc2cccc(NC(=O)c3ccc4ccccc4c3)c2)sc2c1CCC(C(C)(C)C)C2. The Morgan fingerprint density at radius 3 is 2.51 bits per heavy atom. The Morgan fingerprint density at radius 1 is 1.00 bits per heavy atom. The van der Waals surface area contributed by atoms with Crippen LogP contribution in [0.5, 0.6) is 0 Å². The Balaban J connectivity index is 1.27. The lowest BCUT2D eigenvalue weighted by molar-refractivity contribution is -0.115. The van der Waals surface area contributed by atoms with Crippen LogP contribution in [0.1, 0.15) is 72.2 Å². The summed E-state index contributed by atoms with van der Waals surface area (Å²) in [5.74, 6) is -0.243. The number of carbonyl (C=O) groups is 3. The Labute approximate surface area is 261 Å². The lowest BCUT2D eigenvalue weighted by Gasteiger charge is -2.33. The van der Waals surface area contributed by atoms with Crippen LogP contribution in [0.25, 0.3) is 10.8 Å².